The van der Waals surface area contributed by atoms with Crippen LogP contribution in [0.3, 0.4) is 0 Å². The van der Waals surface area contributed by atoms with Gasteiger partial charge in [0, 0.05) is 49.4 Å². The first-order valence-electron chi connectivity index (χ1n) is 12.5. The zero-order valence-corrected chi connectivity index (χ0v) is 21.4. The Hall–Kier alpha value is -3.75. The number of hydrogen-bond acceptors (Lipinski definition) is 5. The van der Waals surface area contributed by atoms with Gasteiger partial charge in [-0.05, 0) is 56.4 Å². The smallest absolute Gasteiger partial charge is 0.270 e. The van der Waals surface area contributed by atoms with Crippen molar-refractivity contribution in [1.82, 2.24) is 24.6 Å². The minimum absolute atomic E-state index is 0.0525. The Labute approximate surface area is 210 Å². The lowest BCUT2D eigenvalue weighted by Gasteiger charge is -2.26. The van der Waals surface area contributed by atoms with Crippen molar-refractivity contribution < 1.29 is 9.59 Å². The summed E-state index contributed by atoms with van der Waals surface area (Å²) < 4.78 is 3.11. The molecule has 1 aliphatic carbocycles. The van der Waals surface area contributed by atoms with Gasteiger partial charge in [-0.1, -0.05) is 25.7 Å². The molecule has 2 amide bonds. The van der Waals surface area contributed by atoms with Gasteiger partial charge in [-0.3, -0.25) is 19.1 Å². The Kier molecular flexibility index (Phi) is 7.67. The Balaban J connectivity index is 1.55. The molecule has 3 aromatic rings. The lowest BCUT2D eigenvalue weighted by atomic mass is 9.91. The number of anilines is 1. The van der Waals surface area contributed by atoms with Gasteiger partial charge in [-0.15, -0.1) is 0 Å². The van der Waals surface area contributed by atoms with Crippen molar-refractivity contribution in [2.24, 2.45) is 20.0 Å². The van der Waals surface area contributed by atoms with Crippen LogP contribution >= 0.6 is 0 Å². The zero-order chi connectivity index (χ0) is 25.8. The molecule has 4 rings (SSSR count). The Morgan fingerprint density at radius 1 is 1.06 bits per heavy atom. The zero-order valence-electron chi connectivity index (χ0n) is 21.4. The second kappa shape index (κ2) is 10.9. The fourth-order valence-electron chi connectivity index (χ4n) is 5.08. The average Bonchev–Trinajstić information content (AvgIpc) is 3.11. The average molecular weight is 491 g/mol. The van der Waals surface area contributed by atoms with Gasteiger partial charge < -0.3 is 15.2 Å². The molecule has 1 aliphatic rings. The predicted molar refractivity (Wildman–Crippen MR) is 139 cm³/mol. The first kappa shape index (κ1) is 25.3. The van der Waals surface area contributed by atoms with E-state index in [0.717, 1.165) is 60.9 Å². The highest BCUT2D eigenvalue weighted by Crippen LogP contribution is 2.28. The second-order valence-corrected chi connectivity index (χ2v) is 9.65. The van der Waals surface area contributed by atoms with Crippen molar-refractivity contribution >= 4 is 17.6 Å². The van der Waals surface area contributed by atoms with Crippen LogP contribution in [0.4, 0.5) is 5.82 Å². The quantitative estimate of drug-likeness (QED) is 0.514. The number of amides is 2. The van der Waals surface area contributed by atoms with E-state index in [9.17, 15) is 14.4 Å². The molecule has 36 heavy (non-hydrogen) atoms. The molecule has 0 saturated heterocycles. The van der Waals surface area contributed by atoms with Gasteiger partial charge in [0.15, 0.2) is 0 Å². The fourth-order valence-corrected chi connectivity index (χ4v) is 5.08. The van der Waals surface area contributed by atoms with Crippen LogP contribution in [-0.4, -0.2) is 37.2 Å². The molecule has 1 unspecified atom stereocenters. The minimum atomic E-state index is -0.667. The molecule has 0 aromatic carbocycles. The highest BCUT2D eigenvalue weighted by Gasteiger charge is 2.31. The Morgan fingerprint density at radius 3 is 2.39 bits per heavy atom. The number of rotatable bonds is 6. The molecule has 3 aromatic heterocycles. The molecule has 0 bridgehead atoms. The maximum absolute atomic E-state index is 13.4. The van der Waals surface area contributed by atoms with Crippen LogP contribution in [0.2, 0.25) is 0 Å². The molecular weight excluding hydrogens is 456 g/mol. The summed E-state index contributed by atoms with van der Waals surface area (Å²) in [4.78, 5) is 42.9. The molecule has 0 aliphatic heterocycles. The Bertz CT molecular complexity index is 1300. The number of carbonyl (C=O) groups excluding carboxylic acids is 2. The van der Waals surface area contributed by atoms with Gasteiger partial charge in [-0.25, -0.2) is 4.98 Å². The minimum Gasteiger partial charge on any atom is -0.339 e. The summed E-state index contributed by atoms with van der Waals surface area (Å²) in [5.41, 5.74) is 3.89. The first-order valence-corrected chi connectivity index (χ1v) is 12.5. The van der Waals surface area contributed by atoms with E-state index in [1.54, 1.807) is 49.3 Å². The lowest BCUT2D eigenvalue weighted by Crippen LogP contribution is -2.49. The maximum atomic E-state index is 13.4. The number of nitrogens with one attached hydrogen (secondary N) is 2. The standard InChI is InChI=1S/C27H34N6O3/c1-17-15-23(34)32(3)18(2)24(17)20-11-12-22(28-16-20)30-27(36)25(19-9-7-5-6-8-10-19)31-26(35)21-13-14-29-33(21)4/h11-16,19,25H,5-10H2,1-4H3,(H,31,35)(H,28,30,36). The van der Waals surface area contributed by atoms with E-state index in [0.29, 0.717) is 11.5 Å². The molecule has 1 atom stereocenters. The molecule has 3 heterocycles. The van der Waals surface area contributed by atoms with Crippen LogP contribution in [0.15, 0.2) is 41.5 Å². The van der Waals surface area contributed by atoms with Crippen LogP contribution in [0.1, 0.15) is 60.3 Å². The van der Waals surface area contributed by atoms with E-state index >= 15 is 0 Å². The van der Waals surface area contributed by atoms with Crippen LogP contribution < -0.4 is 16.2 Å². The van der Waals surface area contributed by atoms with E-state index in [1.807, 2.05) is 19.9 Å². The second-order valence-electron chi connectivity index (χ2n) is 9.65. The number of aryl methyl sites for hydroxylation is 2. The number of hydrogen-bond donors (Lipinski definition) is 2. The highest BCUT2D eigenvalue weighted by atomic mass is 16.2. The van der Waals surface area contributed by atoms with Crippen molar-refractivity contribution in [3.63, 3.8) is 0 Å². The Morgan fingerprint density at radius 2 is 1.78 bits per heavy atom. The number of nitrogens with zero attached hydrogens (tertiary/aromatic N) is 4. The number of aromatic nitrogens is 4. The summed E-state index contributed by atoms with van der Waals surface area (Å²) in [7, 11) is 3.45. The first-order chi connectivity index (χ1) is 17.3. The van der Waals surface area contributed by atoms with Gasteiger partial charge in [0.1, 0.15) is 17.6 Å². The van der Waals surface area contributed by atoms with E-state index in [1.165, 1.54) is 4.68 Å². The van der Waals surface area contributed by atoms with Gasteiger partial charge >= 0.3 is 0 Å². The normalized spacial score (nSPS) is 15.2. The fraction of sp³-hybridized carbons (Fsp3) is 0.444. The van der Waals surface area contributed by atoms with Gasteiger partial charge in [0.2, 0.25) is 5.91 Å². The SMILES string of the molecule is Cc1cc(=O)n(C)c(C)c1-c1ccc(NC(=O)C(NC(=O)c2ccnn2C)C2CCCCCC2)nc1. The van der Waals surface area contributed by atoms with E-state index in [-0.39, 0.29) is 23.3 Å². The largest absolute Gasteiger partial charge is 0.339 e. The molecule has 190 valence electrons. The third-order valence-electron chi connectivity index (χ3n) is 7.23. The van der Waals surface area contributed by atoms with Crippen molar-refractivity contribution in [2.75, 3.05) is 5.32 Å². The molecule has 1 saturated carbocycles. The maximum Gasteiger partial charge on any atom is 0.270 e. The third kappa shape index (κ3) is 5.40. The van der Waals surface area contributed by atoms with Gasteiger partial charge in [-0.2, -0.15) is 5.10 Å². The van der Waals surface area contributed by atoms with Crippen molar-refractivity contribution in [2.45, 2.75) is 58.4 Å². The summed E-state index contributed by atoms with van der Waals surface area (Å²) >= 11 is 0. The lowest BCUT2D eigenvalue weighted by molar-refractivity contribution is -0.119. The topological polar surface area (TPSA) is 111 Å². The molecule has 0 spiro atoms. The van der Waals surface area contributed by atoms with Crippen molar-refractivity contribution in [3.05, 3.63) is 64.0 Å². The highest BCUT2D eigenvalue weighted by molar-refractivity contribution is 6.00. The van der Waals surface area contributed by atoms with Gasteiger partial charge in [0.25, 0.3) is 11.5 Å². The van der Waals surface area contributed by atoms with Crippen molar-refractivity contribution in [3.8, 4) is 11.1 Å². The number of pyridine rings is 2. The van der Waals surface area contributed by atoms with Crippen LogP contribution in [-0.2, 0) is 18.9 Å². The molecule has 1 fully saturated rings. The summed E-state index contributed by atoms with van der Waals surface area (Å²) in [6, 6.07) is 6.23. The number of carbonyl (C=O) groups is 2. The predicted octanol–water partition coefficient (Wildman–Crippen LogP) is 3.51. The summed E-state index contributed by atoms with van der Waals surface area (Å²) in [6.07, 6.45) is 9.42. The third-order valence-corrected chi connectivity index (χ3v) is 7.23. The van der Waals surface area contributed by atoms with Crippen LogP contribution in [0.5, 0.6) is 0 Å². The van der Waals surface area contributed by atoms with E-state index in [2.05, 4.69) is 20.7 Å². The van der Waals surface area contributed by atoms with Crippen LogP contribution in [0, 0.1) is 19.8 Å². The molecule has 2 N–H and O–H groups in total. The van der Waals surface area contributed by atoms with Gasteiger partial charge in [0.05, 0.1) is 0 Å². The van der Waals surface area contributed by atoms with Crippen molar-refractivity contribution in [1.29, 1.82) is 0 Å². The van der Waals surface area contributed by atoms with E-state index in [4.69, 9.17) is 0 Å². The molecule has 9 nitrogen and oxygen atoms in total. The van der Waals surface area contributed by atoms with E-state index < -0.39 is 6.04 Å². The molecular formula is C27H34N6O3. The summed E-state index contributed by atoms with van der Waals surface area (Å²) in [5.74, 6) is -0.118. The monoisotopic (exact) mass is 490 g/mol. The summed E-state index contributed by atoms with van der Waals surface area (Å²) in [5, 5.41) is 9.95. The van der Waals surface area contributed by atoms with Crippen LogP contribution in [0.25, 0.3) is 11.1 Å². The summed E-state index contributed by atoms with van der Waals surface area (Å²) in [6.45, 7) is 3.81. The molecule has 9 heteroatoms. The molecule has 0 radical (unpaired) electrons.